The number of Topliss-reactive ketones (excluding diaryl/α,β-unsaturated/α-hetero) is 1. The molecule has 0 radical (unpaired) electrons. The molecule has 156 valence electrons. The first kappa shape index (κ1) is 23.6. The van der Waals surface area contributed by atoms with E-state index in [1.165, 1.54) is 7.11 Å². The molecule has 0 N–H and O–H groups in total. The van der Waals surface area contributed by atoms with Gasteiger partial charge in [0.2, 0.25) is 6.79 Å². The first-order chi connectivity index (χ1) is 15.1. The number of allylic oxidation sites excluding steroid dienone is 1. The molecule has 0 atom stereocenters. The second-order valence-corrected chi connectivity index (χ2v) is 6.93. The molecule has 0 bridgehead atoms. The average molecular weight is 438 g/mol. The van der Waals surface area contributed by atoms with E-state index < -0.39 is 11.8 Å². The summed E-state index contributed by atoms with van der Waals surface area (Å²) in [5, 5.41) is 12.3. The summed E-state index contributed by atoms with van der Waals surface area (Å²) in [6, 6.07) is 20.5. The van der Waals surface area contributed by atoms with Crippen LogP contribution in [0, 0.1) is 0 Å². The molecule has 3 aromatic carbocycles. The number of carbonyl (C=O) groups excluding carboxylic acids is 2. The third kappa shape index (κ3) is 5.05. The third-order valence-corrected chi connectivity index (χ3v) is 5.02. The number of methoxy groups -OCH3 is 1. The van der Waals surface area contributed by atoms with Crippen LogP contribution in [0.3, 0.4) is 0 Å². The molecule has 7 heteroatoms. The number of carboxylic acids is 1. The van der Waals surface area contributed by atoms with Crippen LogP contribution in [-0.2, 0) is 11.2 Å². The minimum atomic E-state index is -1.44. The van der Waals surface area contributed by atoms with E-state index in [0.717, 1.165) is 5.56 Å². The molecule has 1 heterocycles. The number of hydrogen-bond acceptors (Lipinski definition) is 6. The van der Waals surface area contributed by atoms with E-state index in [9.17, 15) is 14.7 Å². The van der Waals surface area contributed by atoms with Crippen LogP contribution in [0.4, 0.5) is 0 Å². The predicted octanol–water partition coefficient (Wildman–Crippen LogP) is 0.0570. The van der Waals surface area contributed by atoms with Crippen LogP contribution >= 0.6 is 0 Å². The number of aliphatic carboxylic acids is 1. The van der Waals surface area contributed by atoms with Gasteiger partial charge in [-0.3, -0.25) is 4.79 Å². The van der Waals surface area contributed by atoms with Crippen molar-refractivity contribution in [3.05, 3.63) is 95.1 Å². The van der Waals surface area contributed by atoms with Crippen LogP contribution in [0.2, 0.25) is 0 Å². The van der Waals surface area contributed by atoms with Crippen LogP contribution in [-0.4, -0.2) is 25.7 Å². The average Bonchev–Trinajstić information content (AvgIpc) is 3.27. The first-order valence-electron chi connectivity index (χ1n) is 9.64. The number of carboxylic acid groups (broad SMARTS) is 1. The Balaban J connectivity index is 0.00000289. The van der Waals surface area contributed by atoms with Crippen molar-refractivity contribution < 1.29 is 58.5 Å². The van der Waals surface area contributed by atoms with Crippen molar-refractivity contribution in [3.63, 3.8) is 0 Å². The Labute approximate surface area is 207 Å². The van der Waals surface area contributed by atoms with Gasteiger partial charge < -0.3 is 24.1 Å². The van der Waals surface area contributed by atoms with Gasteiger partial charge in [-0.15, -0.1) is 0 Å². The molecular formula is C25H19NaO6. The Hall–Kier alpha value is -3.06. The Morgan fingerprint density at radius 3 is 2.22 bits per heavy atom. The number of fused-ring (bicyclic) bond motifs is 1. The maximum atomic E-state index is 13.5. The molecule has 0 aromatic heterocycles. The summed E-state index contributed by atoms with van der Waals surface area (Å²) >= 11 is 0. The SMILES string of the molecule is COc1ccc(C(=O)/C(Cc2ccccc2)=C(\C(=O)[O-])c2ccc3c(c2)OCO3)cc1.[Na+]. The van der Waals surface area contributed by atoms with Gasteiger partial charge in [-0.1, -0.05) is 36.4 Å². The number of hydrogen-bond donors (Lipinski definition) is 0. The summed E-state index contributed by atoms with van der Waals surface area (Å²) in [4.78, 5) is 25.7. The van der Waals surface area contributed by atoms with E-state index in [-0.39, 0.29) is 53.9 Å². The molecular weight excluding hydrogens is 419 g/mol. The van der Waals surface area contributed by atoms with Crippen molar-refractivity contribution in [3.8, 4) is 17.2 Å². The van der Waals surface area contributed by atoms with Gasteiger partial charge in [-0.25, -0.2) is 0 Å². The molecule has 0 aliphatic carbocycles. The van der Waals surface area contributed by atoms with Crippen LogP contribution in [0.25, 0.3) is 5.57 Å². The van der Waals surface area contributed by atoms with E-state index in [1.54, 1.807) is 42.5 Å². The molecule has 32 heavy (non-hydrogen) atoms. The second-order valence-electron chi connectivity index (χ2n) is 6.93. The number of rotatable bonds is 7. The molecule has 0 unspecified atom stereocenters. The molecule has 0 saturated carbocycles. The van der Waals surface area contributed by atoms with Crippen molar-refractivity contribution >= 4 is 17.3 Å². The van der Waals surface area contributed by atoms with Crippen LogP contribution in [0.5, 0.6) is 17.2 Å². The van der Waals surface area contributed by atoms with Gasteiger partial charge in [0.05, 0.1) is 13.1 Å². The fourth-order valence-electron chi connectivity index (χ4n) is 3.47. The number of ether oxygens (including phenoxy) is 3. The summed E-state index contributed by atoms with van der Waals surface area (Å²) in [6.07, 6.45) is 0.128. The van der Waals surface area contributed by atoms with Crippen molar-refractivity contribution in [1.82, 2.24) is 0 Å². The molecule has 0 spiro atoms. The maximum Gasteiger partial charge on any atom is 1.00 e. The maximum absolute atomic E-state index is 13.5. The summed E-state index contributed by atoms with van der Waals surface area (Å²) in [7, 11) is 1.53. The van der Waals surface area contributed by atoms with Crippen molar-refractivity contribution in [2.45, 2.75) is 6.42 Å². The summed E-state index contributed by atoms with van der Waals surface area (Å²) in [6.45, 7) is 0.0603. The van der Waals surface area contributed by atoms with Gasteiger partial charge in [-0.2, -0.15) is 0 Å². The normalized spacial score (nSPS) is 12.4. The van der Waals surface area contributed by atoms with E-state index in [1.807, 2.05) is 30.3 Å². The Bertz CT molecular complexity index is 1150. The van der Waals surface area contributed by atoms with Crippen LogP contribution in [0.1, 0.15) is 21.5 Å². The largest absolute Gasteiger partial charge is 1.00 e. The zero-order valence-electron chi connectivity index (χ0n) is 17.8. The molecule has 6 nitrogen and oxygen atoms in total. The Morgan fingerprint density at radius 2 is 1.56 bits per heavy atom. The standard InChI is InChI=1S/C25H20O6.Na/c1-29-19-10-7-17(8-11-19)24(26)20(13-16-5-3-2-4-6-16)23(25(27)28)18-9-12-21-22(14-18)31-15-30-21;/h2-12,14H,13,15H2,1H3,(H,27,28);/q;+1/p-1/b23-20-;. The van der Waals surface area contributed by atoms with Crippen LogP contribution in [0.15, 0.2) is 78.4 Å². The molecule has 0 amide bonds. The van der Waals surface area contributed by atoms with Gasteiger partial charge in [0.1, 0.15) is 5.75 Å². The quantitative estimate of drug-likeness (QED) is 0.295. The van der Waals surface area contributed by atoms with Crippen LogP contribution < -0.4 is 48.9 Å². The fraction of sp³-hybridized carbons (Fsp3) is 0.120. The fourth-order valence-corrected chi connectivity index (χ4v) is 3.47. The molecule has 4 rings (SSSR count). The number of carbonyl (C=O) groups is 2. The number of ketones is 1. The molecule has 3 aromatic rings. The Morgan fingerprint density at radius 1 is 0.906 bits per heavy atom. The van der Waals surface area contributed by atoms with Crippen molar-refractivity contribution in [1.29, 1.82) is 0 Å². The van der Waals surface area contributed by atoms with Crippen molar-refractivity contribution in [2.24, 2.45) is 0 Å². The van der Waals surface area contributed by atoms with E-state index in [2.05, 4.69) is 0 Å². The molecule has 0 saturated heterocycles. The van der Waals surface area contributed by atoms with E-state index in [0.29, 0.717) is 28.4 Å². The Kier molecular flexibility index (Phi) is 7.75. The monoisotopic (exact) mass is 438 g/mol. The smallest absolute Gasteiger partial charge is 0.545 e. The summed E-state index contributed by atoms with van der Waals surface area (Å²) in [5.74, 6) is -0.296. The molecule has 1 aliphatic rings. The zero-order valence-corrected chi connectivity index (χ0v) is 19.8. The number of benzene rings is 3. The topological polar surface area (TPSA) is 84.9 Å². The van der Waals surface area contributed by atoms with Gasteiger partial charge in [0.25, 0.3) is 0 Å². The summed E-state index contributed by atoms with van der Waals surface area (Å²) in [5.41, 5.74) is 1.42. The predicted molar refractivity (Wildman–Crippen MR) is 112 cm³/mol. The van der Waals surface area contributed by atoms with E-state index in [4.69, 9.17) is 14.2 Å². The van der Waals surface area contributed by atoms with Gasteiger partial charge in [-0.05, 0) is 47.5 Å². The second kappa shape index (κ2) is 10.5. The molecule has 0 fully saturated rings. The minimum absolute atomic E-state index is 0. The first-order valence-corrected chi connectivity index (χ1v) is 9.64. The third-order valence-electron chi connectivity index (χ3n) is 5.02. The van der Waals surface area contributed by atoms with Gasteiger partial charge >= 0.3 is 29.6 Å². The van der Waals surface area contributed by atoms with Crippen molar-refractivity contribution in [2.75, 3.05) is 13.9 Å². The zero-order chi connectivity index (χ0) is 21.8. The van der Waals surface area contributed by atoms with Gasteiger partial charge in [0, 0.05) is 23.1 Å². The molecule has 1 aliphatic heterocycles. The minimum Gasteiger partial charge on any atom is -0.545 e. The van der Waals surface area contributed by atoms with E-state index >= 15 is 0 Å². The summed E-state index contributed by atoms with van der Waals surface area (Å²) < 4.78 is 15.8. The van der Waals surface area contributed by atoms with Gasteiger partial charge in [0.15, 0.2) is 17.3 Å².